The van der Waals surface area contributed by atoms with Crippen molar-refractivity contribution in [2.45, 2.75) is 40.0 Å². The molecule has 16 heavy (non-hydrogen) atoms. The molecule has 0 aromatic carbocycles. The largest absolute Gasteiger partial charge is 0.466 e. The number of carbonyl (C=O) groups is 2. The zero-order valence-corrected chi connectivity index (χ0v) is 10.3. The fourth-order valence-electron chi connectivity index (χ4n) is 2.40. The van der Waals surface area contributed by atoms with Gasteiger partial charge in [-0.25, -0.2) is 0 Å². The minimum Gasteiger partial charge on any atom is -0.466 e. The molecule has 0 heterocycles. The Morgan fingerprint density at radius 3 is 2.75 bits per heavy atom. The molecule has 0 saturated heterocycles. The highest BCUT2D eigenvalue weighted by Gasteiger charge is 2.34. The maximum atomic E-state index is 11.8. The van der Waals surface area contributed by atoms with E-state index in [9.17, 15) is 9.59 Å². The topological polar surface area (TPSA) is 43.4 Å². The average Bonchev–Trinajstić information content (AvgIpc) is 2.17. The lowest BCUT2D eigenvalue weighted by atomic mass is 9.76. The molecular weight excluding hydrogens is 204 g/mol. The molecule has 1 aliphatic rings. The average molecular weight is 224 g/mol. The fourth-order valence-corrected chi connectivity index (χ4v) is 2.40. The van der Waals surface area contributed by atoms with E-state index in [0.29, 0.717) is 13.0 Å². The molecule has 0 saturated carbocycles. The standard InChI is InChI=1S/C13H20O3/c1-4-6-10-8-11(14)7-9(3)12(10)13(15)16-5-2/h7,10,12H,4-6,8H2,1-3H3/t10-,12-/m0/s1. The van der Waals surface area contributed by atoms with E-state index in [1.54, 1.807) is 13.0 Å². The van der Waals surface area contributed by atoms with Gasteiger partial charge < -0.3 is 4.74 Å². The molecule has 0 aromatic heterocycles. The Hall–Kier alpha value is -1.12. The van der Waals surface area contributed by atoms with E-state index >= 15 is 0 Å². The van der Waals surface area contributed by atoms with Crippen LogP contribution in [-0.2, 0) is 14.3 Å². The highest BCUT2D eigenvalue weighted by molar-refractivity contribution is 5.94. The van der Waals surface area contributed by atoms with E-state index in [1.165, 1.54) is 0 Å². The Bertz CT molecular complexity index is 304. The highest BCUT2D eigenvalue weighted by atomic mass is 16.5. The van der Waals surface area contributed by atoms with E-state index in [4.69, 9.17) is 4.74 Å². The number of ketones is 1. The molecule has 1 rings (SSSR count). The predicted molar refractivity (Wildman–Crippen MR) is 61.9 cm³/mol. The Morgan fingerprint density at radius 2 is 2.19 bits per heavy atom. The number of ether oxygens (including phenoxy) is 1. The summed E-state index contributed by atoms with van der Waals surface area (Å²) in [5.41, 5.74) is 0.855. The van der Waals surface area contributed by atoms with E-state index in [1.807, 2.05) is 6.92 Å². The monoisotopic (exact) mass is 224 g/mol. The summed E-state index contributed by atoms with van der Waals surface area (Å²) in [6, 6.07) is 0. The lowest BCUT2D eigenvalue weighted by Gasteiger charge is -2.28. The lowest BCUT2D eigenvalue weighted by molar-refractivity contribution is -0.149. The van der Waals surface area contributed by atoms with Gasteiger partial charge in [0.25, 0.3) is 0 Å². The van der Waals surface area contributed by atoms with E-state index in [2.05, 4.69) is 6.92 Å². The van der Waals surface area contributed by atoms with Crippen molar-refractivity contribution in [1.82, 2.24) is 0 Å². The zero-order chi connectivity index (χ0) is 12.1. The van der Waals surface area contributed by atoms with Gasteiger partial charge in [-0.2, -0.15) is 0 Å². The summed E-state index contributed by atoms with van der Waals surface area (Å²) in [7, 11) is 0. The van der Waals surface area contributed by atoms with Crippen LogP contribution in [0.3, 0.4) is 0 Å². The SMILES string of the molecule is CCC[C@H]1CC(=O)C=C(C)[C@@H]1C(=O)OCC. The molecule has 90 valence electrons. The van der Waals surface area contributed by atoms with Crippen LogP contribution < -0.4 is 0 Å². The molecule has 2 atom stereocenters. The molecule has 3 nitrogen and oxygen atoms in total. The molecular formula is C13H20O3. The quantitative estimate of drug-likeness (QED) is 0.689. The van der Waals surface area contributed by atoms with Gasteiger partial charge in [-0.15, -0.1) is 0 Å². The Balaban J connectivity index is 2.85. The van der Waals surface area contributed by atoms with Gasteiger partial charge in [0, 0.05) is 6.42 Å². The van der Waals surface area contributed by atoms with Gasteiger partial charge in [-0.05, 0) is 32.3 Å². The van der Waals surface area contributed by atoms with Gasteiger partial charge in [-0.3, -0.25) is 9.59 Å². The molecule has 0 amide bonds. The van der Waals surface area contributed by atoms with Crippen LogP contribution in [0.5, 0.6) is 0 Å². The van der Waals surface area contributed by atoms with Crippen molar-refractivity contribution in [3.05, 3.63) is 11.6 Å². The molecule has 0 fully saturated rings. The molecule has 0 spiro atoms. The van der Waals surface area contributed by atoms with Crippen molar-refractivity contribution in [1.29, 1.82) is 0 Å². The Morgan fingerprint density at radius 1 is 1.50 bits per heavy atom. The Kier molecular flexibility index (Phi) is 4.71. The smallest absolute Gasteiger partial charge is 0.313 e. The van der Waals surface area contributed by atoms with Crippen LogP contribution in [0.15, 0.2) is 11.6 Å². The number of allylic oxidation sites excluding steroid dienone is 1. The second-order valence-corrected chi connectivity index (χ2v) is 4.34. The molecule has 0 aliphatic heterocycles. The summed E-state index contributed by atoms with van der Waals surface area (Å²) in [6.45, 7) is 6.12. The highest BCUT2D eigenvalue weighted by Crippen LogP contribution is 2.33. The van der Waals surface area contributed by atoms with E-state index in [-0.39, 0.29) is 23.6 Å². The van der Waals surface area contributed by atoms with Crippen LogP contribution in [0, 0.1) is 11.8 Å². The van der Waals surface area contributed by atoms with Gasteiger partial charge in [0.15, 0.2) is 5.78 Å². The Labute approximate surface area is 96.9 Å². The molecule has 0 N–H and O–H groups in total. The minimum absolute atomic E-state index is 0.126. The van der Waals surface area contributed by atoms with Crippen LogP contribution in [0.1, 0.15) is 40.0 Å². The van der Waals surface area contributed by atoms with E-state index in [0.717, 1.165) is 18.4 Å². The van der Waals surface area contributed by atoms with Crippen LogP contribution in [-0.4, -0.2) is 18.4 Å². The first kappa shape index (κ1) is 12.9. The van der Waals surface area contributed by atoms with Crippen molar-refractivity contribution in [2.24, 2.45) is 11.8 Å². The third-order valence-electron chi connectivity index (χ3n) is 3.01. The third-order valence-corrected chi connectivity index (χ3v) is 3.01. The molecule has 0 bridgehead atoms. The summed E-state index contributed by atoms with van der Waals surface area (Å²) in [5.74, 6) is -0.127. The maximum Gasteiger partial charge on any atom is 0.313 e. The molecule has 0 aromatic rings. The maximum absolute atomic E-state index is 11.8. The van der Waals surface area contributed by atoms with Gasteiger partial charge in [0.1, 0.15) is 0 Å². The van der Waals surface area contributed by atoms with Crippen molar-refractivity contribution >= 4 is 11.8 Å². The van der Waals surface area contributed by atoms with E-state index < -0.39 is 0 Å². The van der Waals surface area contributed by atoms with Crippen molar-refractivity contribution in [3.8, 4) is 0 Å². The number of hydrogen-bond donors (Lipinski definition) is 0. The number of hydrogen-bond acceptors (Lipinski definition) is 3. The number of carbonyl (C=O) groups excluding carboxylic acids is 2. The summed E-state index contributed by atoms with van der Waals surface area (Å²) in [4.78, 5) is 23.3. The predicted octanol–water partition coefficient (Wildman–Crippen LogP) is 2.50. The lowest BCUT2D eigenvalue weighted by Crippen LogP contribution is -2.31. The first-order valence-electron chi connectivity index (χ1n) is 5.97. The summed E-state index contributed by atoms with van der Waals surface area (Å²) >= 11 is 0. The van der Waals surface area contributed by atoms with Crippen LogP contribution in [0.4, 0.5) is 0 Å². The van der Waals surface area contributed by atoms with Crippen molar-refractivity contribution in [3.63, 3.8) is 0 Å². The van der Waals surface area contributed by atoms with Crippen LogP contribution in [0.2, 0.25) is 0 Å². The van der Waals surface area contributed by atoms with Crippen molar-refractivity contribution in [2.75, 3.05) is 6.61 Å². The summed E-state index contributed by atoms with van der Waals surface area (Å²) in [5, 5.41) is 0. The van der Waals surface area contributed by atoms with Gasteiger partial charge in [0.05, 0.1) is 12.5 Å². The van der Waals surface area contributed by atoms with Gasteiger partial charge in [-0.1, -0.05) is 18.9 Å². The van der Waals surface area contributed by atoms with Gasteiger partial charge >= 0.3 is 5.97 Å². The fraction of sp³-hybridized carbons (Fsp3) is 0.692. The summed E-state index contributed by atoms with van der Waals surface area (Å²) < 4.78 is 5.07. The normalized spacial score (nSPS) is 25.2. The first-order valence-corrected chi connectivity index (χ1v) is 5.97. The second-order valence-electron chi connectivity index (χ2n) is 4.34. The molecule has 0 radical (unpaired) electrons. The van der Waals surface area contributed by atoms with Crippen molar-refractivity contribution < 1.29 is 14.3 Å². The number of esters is 1. The van der Waals surface area contributed by atoms with Gasteiger partial charge in [0.2, 0.25) is 0 Å². The number of rotatable bonds is 4. The minimum atomic E-state index is -0.211. The molecule has 1 aliphatic carbocycles. The first-order chi connectivity index (χ1) is 7.60. The zero-order valence-electron chi connectivity index (χ0n) is 10.3. The second kappa shape index (κ2) is 5.83. The molecule has 3 heteroatoms. The van der Waals surface area contributed by atoms with Crippen LogP contribution in [0.25, 0.3) is 0 Å². The van der Waals surface area contributed by atoms with Crippen LogP contribution >= 0.6 is 0 Å². The third kappa shape index (κ3) is 2.94. The molecule has 0 unspecified atom stereocenters. The summed E-state index contributed by atoms with van der Waals surface area (Å²) in [6.07, 6.45) is 3.96.